The predicted octanol–water partition coefficient (Wildman–Crippen LogP) is 4.33. The molecule has 1 aromatic heterocycles. The Morgan fingerprint density at radius 3 is 2.29 bits per heavy atom. The molecule has 2 aromatic carbocycles. The molecule has 3 aliphatic rings. The van der Waals surface area contributed by atoms with Crippen LogP contribution < -0.4 is 4.74 Å². The van der Waals surface area contributed by atoms with Crippen LogP contribution >= 0.6 is 0 Å². The summed E-state index contributed by atoms with van der Waals surface area (Å²) in [4.78, 5) is 16.6. The first-order chi connectivity index (χ1) is 16.9. The van der Waals surface area contributed by atoms with Crippen molar-refractivity contribution in [2.75, 3.05) is 26.2 Å². The monoisotopic (exact) mass is 475 g/mol. The minimum atomic E-state index is -0.836. The van der Waals surface area contributed by atoms with Gasteiger partial charge in [0.25, 0.3) is 0 Å². The molecule has 3 saturated heterocycles. The maximum atomic E-state index is 12.4. The van der Waals surface area contributed by atoms with Gasteiger partial charge in [0.05, 0.1) is 24.3 Å². The van der Waals surface area contributed by atoms with E-state index in [4.69, 9.17) is 4.74 Å². The molecular formula is C27H33N5O3. The van der Waals surface area contributed by atoms with Crippen LogP contribution in [0.25, 0.3) is 11.1 Å². The third-order valence-corrected chi connectivity index (χ3v) is 7.60. The molecule has 8 nitrogen and oxygen atoms in total. The van der Waals surface area contributed by atoms with E-state index in [2.05, 4.69) is 39.5 Å². The van der Waals surface area contributed by atoms with Crippen molar-refractivity contribution in [2.24, 2.45) is 5.92 Å². The zero-order chi connectivity index (χ0) is 24.4. The van der Waals surface area contributed by atoms with Crippen LogP contribution in [0.2, 0.25) is 0 Å². The van der Waals surface area contributed by atoms with Crippen molar-refractivity contribution in [3.8, 4) is 16.9 Å². The highest BCUT2D eigenvalue weighted by atomic mass is 16.5. The summed E-state index contributed by atoms with van der Waals surface area (Å²) in [6, 6.07) is 16.3. The second-order valence-corrected chi connectivity index (χ2v) is 10.0. The van der Waals surface area contributed by atoms with E-state index >= 15 is 0 Å². The van der Waals surface area contributed by atoms with Gasteiger partial charge in [-0.1, -0.05) is 41.6 Å². The summed E-state index contributed by atoms with van der Waals surface area (Å²) in [5.41, 5.74) is 2.57. The molecule has 1 amide bonds. The number of carboxylic acid groups (broad SMARTS) is 1. The van der Waals surface area contributed by atoms with Crippen LogP contribution in [-0.4, -0.2) is 68.3 Å². The fourth-order valence-corrected chi connectivity index (χ4v) is 5.58. The van der Waals surface area contributed by atoms with E-state index in [0.29, 0.717) is 19.1 Å². The molecule has 0 aliphatic carbocycles. The van der Waals surface area contributed by atoms with E-state index in [1.165, 1.54) is 0 Å². The van der Waals surface area contributed by atoms with Crippen molar-refractivity contribution in [1.29, 1.82) is 0 Å². The Balaban J connectivity index is 1.27. The van der Waals surface area contributed by atoms with Gasteiger partial charge >= 0.3 is 6.09 Å². The number of piperidine rings is 3. The Morgan fingerprint density at radius 2 is 1.74 bits per heavy atom. The Labute approximate surface area is 206 Å². The van der Waals surface area contributed by atoms with Gasteiger partial charge in [-0.05, 0) is 74.5 Å². The topological polar surface area (TPSA) is 83.7 Å². The molecule has 0 spiro atoms. The van der Waals surface area contributed by atoms with Crippen molar-refractivity contribution in [2.45, 2.75) is 44.8 Å². The average Bonchev–Trinajstić information content (AvgIpc) is 3.39. The minimum Gasteiger partial charge on any atom is -0.492 e. The molecule has 8 heteroatoms. The first kappa shape index (κ1) is 23.4. The van der Waals surface area contributed by atoms with Crippen LogP contribution in [0.4, 0.5) is 4.79 Å². The van der Waals surface area contributed by atoms with Crippen LogP contribution in [0.3, 0.4) is 0 Å². The number of ether oxygens (including phenoxy) is 1. The largest absolute Gasteiger partial charge is 0.492 e. The molecule has 0 saturated carbocycles. The summed E-state index contributed by atoms with van der Waals surface area (Å²) in [7, 11) is 0. The molecule has 2 bridgehead atoms. The third-order valence-electron chi connectivity index (χ3n) is 7.60. The van der Waals surface area contributed by atoms with Crippen LogP contribution in [0.5, 0.6) is 5.75 Å². The summed E-state index contributed by atoms with van der Waals surface area (Å²) in [5, 5.41) is 17.9. The molecule has 1 atom stereocenters. The number of hydrogen-bond acceptors (Lipinski definition) is 5. The average molecular weight is 476 g/mol. The first-order valence-electron chi connectivity index (χ1n) is 12.3. The fraction of sp³-hybridized carbons (Fsp3) is 0.444. The zero-order valence-electron chi connectivity index (χ0n) is 20.4. The molecule has 1 unspecified atom stereocenters. The number of nitrogens with zero attached hydrogens (tertiary/aromatic N) is 5. The molecule has 3 aliphatic heterocycles. The summed E-state index contributed by atoms with van der Waals surface area (Å²) in [5.74, 6) is 1.26. The number of aromatic nitrogens is 3. The summed E-state index contributed by atoms with van der Waals surface area (Å²) < 4.78 is 7.54. The number of amides is 1. The van der Waals surface area contributed by atoms with Crippen molar-refractivity contribution < 1.29 is 14.6 Å². The van der Waals surface area contributed by atoms with E-state index in [9.17, 15) is 9.90 Å². The van der Waals surface area contributed by atoms with E-state index in [1.807, 2.05) is 44.3 Å². The van der Waals surface area contributed by atoms with Gasteiger partial charge in [-0.25, -0.2) is 9.48 Å². The van der Waals surface area contributed by atoms with Gasteiger partial charge in [0, 0.05) is 12.7 Å². The number of fused-ring (bicyclic) bond motifs is 3. The van der Waals surface area contributed by atoms with E-state index < -0.39 is 11.6 Å². The molecule has 3 aromatic rings. The Kier molecular flexibility index (Phi) is 6.47. The zero-order valence-corrected chi connectivity index (χ0v) is 20.4. The Hall–Kier alpha value is -3.39. The van der Waals surface area contributed by atoms with Gasteiger partial charge in [-0.2, -0.15) is 0 Å². The van der Waals surface area contributed by atoms with Gasteiger partial charge in [-0.3, -0.25) is 4.90 Å². The summed E-state index contributed by atoms with van der Waals surface area (Å²) in [6.07, 6.45) is 4.80. The van der Waals surface area contributed by atoms with Crippen molar-refractivity contribution in [3.05, 3.63) is 66.5 Å². The maximum absolute atomic E-state index is 12.4. The van der Waals surface area contributed by atoms with Crippen LogP contribution in [0.1, 0.15) is 32.3 Å². The normalized spacial score (nSPS) is 21.6. The molecule has 4 heterocycles. The lowest BCUT2D eigenvalue weighted by Gasteiger charge is -2.52. The number of benzene rings is 2. The number of carbonyl (C=O) groups is 1. The summed E-state index contributed by atoms with van der Waals surface area (Å²) >= 11 is 0. The first-order valence-corrected chi connectivity index (χ1v) is 12.3. The van der Waals surface area contributed by atoms with E-state index in [-0.39, 0.29) is 6.04 Å². The quantitative estimate of drug-likeness (QED) is 0.522. The predicted molar refractivity (Wildman–Crippen MR) is 133 cm³/mol. The molecule has 6 rings (SSSR count). The van der Waals surface area contributed by atoms with Gasteiger partial charge < -0.3 is 14.7 Å². The van der Waals surface area contributed by atoms with Gasteiger partial charge in [0.2, 0.25) is 0 Å². The highest BCUT2D eigenvalue weighted by Crippen LogP contribution is 2.38. The van der Waals surface area contributed by atoms with Crippen LogP contribution in [-0.2, 0) is 12.1 Å². The SMILES string of the molecule is CC(C)(c1ccc(-c2ccc(OCCn3ccnn3)cc2)cc1)N(C(=O)O)C1CN2CCC1CC2. The maximum Gasteiger partial charge on any atom is 0.408 e. The van der Waals surface area contributed by atoms with Crippen LogP contribution in [0, 0.1) is 5.92 Å². The summed E-state index contributed by atoms with van der Waals surface area (Å²) in [6.45, 7) is 8.24. The lowest BCUT2D eigenvalue weighted by atomic mass is 9.80. The second-order valence-electron chi connectivity index (χ2n) is 10.0. The van der Waals surface area contributed by atoms with Gasteiger partial charge in [-0.15, -0.1) is 5.10 Å². The van der Waals surface area contributed by atoms with Crippen molar-refractivity contribution in [3.63, 3.8) is 0 Å². The third kappa shape index (κ3) is 4.89. The Morgan fingerprint density at radius 1 is 1.09 bits per heavy atom. The van der Waals surface area contributed by atoms with E-state index in [1.54, 1.807) is 15.8 Å². The van der Waals surface area contributed by atoms with Crippen molar-refractivity contribution in [1.82, 2.24) is 24.8 Å². The Bertz CT molecular complexity index is 1120. The molecule has 1 N–H and O–H groups in total. The lowest BCUT2D eigenvalue weighted by Crippen LogP contribution is -2.62. The van der Waals surface area contributed by atoms with E-state index in [0.717, 1.165) is 54.9 Å². The smallest absolute Gasteiger partial charge is 0.408 e. The highest BCUT2D eigenvalue weighted by Gasteiger charge is 2.45. The molecule has 184 valence electrons. The molecule has 3 fully saturated rings. The fourth-order valence-electron chi connectivity index (χ4n) is 5.58. The highest BCUT2D eigenvalue weighted by molar-refractivity contribution is 5.68. The van der Waals surface area contributed by atoms with Gasteiger partial charge in [0.1, 0.15) is 12.4 Å². The standard InChI is InChI=1S/C27H33N5O3/c1-27(2,32(26(33)34)25-19-30-14-11-22(25)12-15-30)23-7-3-20(4-8-23)21-5-9-24(10-6-21)35-18-17-31-16-13-28-29-31/h3-10,13,16,22,25H,11-12,14-15,17-19H2,1-2H3,(H,33,34). The lowest BCUT2D eigenvalue weighted by molar-refractivity contribution is -0.0289. The minimum absolute atomic E-state index is 0.0433. The van der Waals surface area contributed by atoms with Gasteiger partial charge in [0.15, 0.2) is 0 Å². The van der Waals surface area contributed by atoms with Crippen LogP contribution in [0.15, 0.2) is 60.9 Å². The molecule has 35 heavy (non-hydrogen) atoms. The number of hydrogen-bond donors (Lipinski definition) is 1. The number of rotatable bonds is 8. The second kappa shape index (κ2) is 9.70. The molecule has 0 radical (unpaired) electrons. The van der Waals surface area contributed by atoms with Crippen molar-refractivity contribution >= 4 is 6.09 Å². The molecular weight excluding hydrogens is 442 g/mol.